The van der Waals surface area contributed by atoms with Crippen LogP contribution in [0.3, 0.4) is 0 Å². The number of amides is 2. The molecular formula is C17H17FN2O3. The Labute approximate surface area is 132 Å². The summed E-state index contributed by atoms with van der Waals surface area (Å²) >= 11 is 0. The monoisotopic (exact) mass is 316 g/mol. The molecule has 2 atom stereocenters. The minimum absolute atomic E-state index is 0.0473. The van der Waals surface area contributed by atoms with E-state index in [0.29, 0.717) is 25.1 Å². The molecular weight excluding hydrogens is 299 g/mol. The van der Waals surface area contributed by atoms with Crippen molar-refractivity contribution in [3.05, 3.63) is 59.8 Å². The molecule has 120 valence electrons. The molecule has 1 aromatic heterocycles. The maximum Gasteiger partial charge on any atom is 0.287 e. The third-order valence-electron chi connectivity index (χ3n) is 3.89. The van der Waals surface area contributed by atoms with Gasteiger partial charge in [0, 0.05) is 19.0 Å². The minimum Gasteiger partial charge on any atom is -0.459 e. The van der Waals surface area contributed by atoms with Crippen molar-refractivity contribution in [3.8, 4) is 0 Å². The number of furan rings is 1. The summed E-state index contributed by atoms with van der Waals surface area (Å²) in [5, 5.41) is 5.40. The second kappa shape index (κ2) is 6.64. The van der Waals surface area contributed by atoms with Crippen LogP contribution in [0.5, 0.6) is 0 Å². The Hall–Kier alpha value is -2.63. The van der Waals surface area contributed by atoms with Gasteiger partial charge in [-0.15, -0.1) is 0 Å². The number of nitrogens with one attached hydrogen (secondary N) is 2. The van der Waals surface area contributed by atoms with Crippen molar-refractivity contribution in [1.29, 1.82) is 0 Å². The summed E-state index contributed by atoms with van der Waals surface area (Å²) < 4.78 is 18.6. The molecule has 0 radical (unpaired) electrons. The standard InChI is InChI=1S/C17H17FN2O3/c18-14-5-2-1-4-11(14)12-10-13(12)16(21)19-7-8-20-17(22)15-6-3-9-23-15/h1-6,9,12-13H,7-8,10H2,(H,19,21)(H,20,22). The van der Waals surface area contributed by atoms with Crippen LogP contribution in [-0.2, 0) is 4.79 Å². The van der Waals surface area contributed by atoms with E-state index >= 15 is 0 Å². The number of hydrogen-bond donors (Lipinski definition) is 2. The lowest BCUT2D eigenvalue weighted by Crippen LogP contribution is -2.35. The van der Waals surface area contributed by atoms with E-state index in [4.69, 9.17) is 4.42 Å². The first kappa shape index (κ1) is 15.3. The van der Waals surface area contributed by atoms with Crippen LogP contribution in [0.1, 0.15) is 28.5 Å². The predicted octanol–water partition coefficient (Wildman–Crippen LogP) is 2.07. The molecule has 5 nitrogen and oxygen atoms in total. The molecule has 23 heavy (non-hydrogen) atoms. The zero-order valence-electron chi connectivity index (χ0n) is 12.4. The summed E-state index contributed by atoms with van der Waals surface area (Å²) in [6.45, 7) is 0.633. The first-order valence-corrected chi connectivity index (χ1v) is 7.50. The molecule has 6 heteroatoms. The molecule has 0 saturated heterocycles. The minimum atomic E-state index is -0.320. The van der Waals surface area contributed by atoms with Crippen molar-refractivity contribution >= 4 is 11.8 Å². The topological polar surface area (TPSA) is 71.3 Å². The molecule has 3 rings (SSSR count). The van der Waals surface area contributed by atoms with E-state index in [2.05, 4.69) is 10.6 Å². The van der Waals surface area contributed by atoms with Crippen molar-refractivity contribution in [2.24, 2.45) is 5.92 Å². The van der Waals surface area contributed by atoms with Crippen molar-refractivity contribution in [3.63, 3.8) is 0 Å². The van der Waals surface area contributed by atoms with Crippen LogP contribution in [0, 0.1) is 11.7 Å². The number of hydrogen-bond acceptors (Lipinski definition) is 3. The van der Waals surface area contributed by atoms with Gasteiger partial charge in [0.05, 0.1) is 6.26 Å². The van der Waals surface area contributed by atoms with Crippen molar-refractivity contribution in [1.82, 2.24) is 10.6 Å². The zero-order chi connectivity index (χ0) is 16.2. The Balaban J connectivity index is 1.40. The molecule has 1 aromatic carbocycles. The van der Waals surface area contributed by atoms with Gasteiger partial charge >= 0.3 is 0 Å². The lowest BCUT2D eigenvalue weighted by molar-refractivity contribution is -0.122. The van der Waals surface area contributed by atoms with Crippen LogP contribution in [0.15, 0.2) is 47.1 Å². The number of benzene rings is 1. The van der Waals surface area contributed by atoms with Gasteiger partial charge in [0.25, 0.3) is 5.91 Å². The smallest absolute Gasteiger partial charge is 0.287 e. The van der Waals surface area contributed by atoms with E-state index in [9.17, 15) is 14.0 Å². The van der Waals surface area contributed by atoms with Gasteiger partial charge in [0.15, 0.2) is 5.76 Å². The fraction of sp³-hybridized carbons (Fsp3) is 0.294. The highest BCUT2D eigenvalue weighted by molar-refractivity contribution is 5.91. The summed E-state index contributed by atoms with van der Waals surface area (Å²) in [6, 6.07) is 9.74. The summed E-state index contributed by atoms with van der Waals surface area (Å²) in [5.74, 6) is -0.691. The molecule has 0 aliphatic heterocycles. The van der Waals surface area contributed by atoms with Gasteiger partial charge in [0.2, 0.25) is 5.91 Å². The van der Waals surface area contributed by atoms with Crippen LogP contribution >= 0.6 is 0 Å². The third-order valence-corrected chi connectivity index (χ3v) is 3.89. The lowest BCUT2D eigenvalue weighted by Gasteiger charge is -2.06. The number of halogens is 1. The van der Waals surface area contributed by atoms with Gasteiger partial charge in [-0.05, 0) is 36.1 Å². The highest BCUT2D eigenvalue weighted by atomic mass is 19.1. The average Bonchev–Trinajstić information content (AvgIpc) is 3.15. The average molecular weight is 316 g/mol. The van der Waals surface area contributed by atoms with E-state index < -0.39 is 0 Å². The van der Waals surface area contributed by atoms with Crippen LogP contribution < -0.4 is 10.6 Å². The second-order valence-electron chi connectivity index (χ2n) is 5.49. The second-order valence-corrected chi connectivity index (χ2v) is 5.49. The van der Waals surface area contributed by atoms with E-state index in [1.807, 2.05) is 0 Å². The van der Waals surface area contributed by atoms with Crippen molar-refractivity contribution in [2.45, 2.75) is 12.3 Å². The van der Waals surface area contributed by atoms with Crippen LogP contribution in [0.25, 0.3) is 0 Å². The molecule has 1 saturated carbocycles. The maximum atomic E-state index is 13.7. The van der Waals surface area contributed by atoms with Gasteiger partial charge in [-0.3, -0.25) is 9.59 Å². The molecule has 0 spiro atoms. The molecule has 2 N–H and O–H groups in total. The molecule has 1 aliphatic carbocycles. The Kier molecular flexibility index (Phi) is 4.41. The normalized spacial score (nSPS) is 19.2. The van der Waals surface area contributed by atoms with Crippen LogP contribution in [-0.4, -0.2) is 24.9 Å². The number of carbonyl (C=O) groups excluding carboxylic acids is 2. The molecule has 1 heterocycles. The molecule has 1 aliphatic rings. The van der Waals surface area contributed by atoms with E-state index in [1.165, 1.54) is 12.3 Å². The highest BCUT2D eigenvalue weighted by Crippen LogP contribution is 2.48. The van der Waals surface area contributed by atoms with Crippen molar-refractivity contribution < 1.29 is 18.4 Å². The van der Waals surface area contributed by atoms with Crippen molar-refractivity contribution in [2.75, 3.05) is 13.1 Å². The largest absolute Gasteiger partial charge is 0.459 e. The Bertz CT molecular complexity index is 700. The Morgan fingerprint density at radius 3 is 2.65 bits per heavy atom. The predicted molar refractivity (Wildman–Crippen MR) is 81.3 cm³/mol. The number of rotatable bonds is 6. The van der Waals surface area contributed by atoms with E-state index in [0.717, 1.165) is 0 Å². The quantitative estimate of drug-likeness (QED) is 0.802. The van der Waals surface area contributed by atoms with Gasteiger partial charge in [-0.1, -0.05) is 18.2 Å². The highest BCUT2D eigenvalue weighted by Gasteiger charge is 2.44. The summed E-state index contributed by atoms with van der Waals surface area (Å²) in [6.07, 6.45) is 2.08. The summed E-state index contributed by atoms with van der Waals surface area (Å²) in [7, 11) is 0. The van der Waals surface area contributed by atoms with E-state index in [1.54, 1.807) is 30.3 Å². The third kappa shape index (κ3) is 3.59. The fourth-order valence-corrected chi connectivity index (χ4v) is 2.59. The maximum absolute atomic E-state index is 13.7. The summed E-state index contributed by atoms with van der Waals surface area (Å²) in [4.78, 5) is 23.6. The van der Waals surface area contributed by atoms with Gasteiger partial charge in [-0.2, -0.15) is 0 Å². The molecule has 1 fully saturated rings. The summed E-state index contributed by atoms with van der Waals surface area (Å²) in [5.41, 5.74) is 0.596. The first-order chi connectivity index (χ1) is 11.2. The Morgan fingerprint density at radius 2 is 1.91 bits per heavy atom. The van der Waals surface area contributed by atoms with Crippen LogP contribution in [0.4, 0.5) is 4.39 Å². The van der Waals surface area contributed by atoms with Gasteiger partial charge < -0.3 is 15.1 Å². The SMILES string of the molecule is O=C(NCCNC(=O)C1CC1c1ccccc1F)c1ccco1. The first-order valence-electron chi connectivity index (χ1n) is 7.50. The lowest BCUT2D eigenvalue weighted by atomic mass is 10.1. The Morgan fingerprint density at radius 1 is 1.13 bits per heavy atom. The molecule has 2 aromatic rings. The van der Waals surface area contributed by atoms with Gasteiger partial charge in [0.1, 0.15) is 5.82 Å². The zero-order valence-corrected chi connectivity index (χ0v) is 12.4. The number of carbonyl (C=O) groups is 2. The van der Waals surface area contributed by atoms with Gasteiger partial charge in [-0.25, -0.2) is 4.39 Å². The molecule has 2 unspecified atom stereocenters. The fourth-order valence-electron chi connectivity index (χ4n) is 2.59. The molecule has 2 amide bonds. The van der Waals surface area contributed by atoms with E-state index in [-0.39, 0.29) is 35.2 Å². The van der Waals surface area contributed by atoms with Crippen LogP contribution in [0.2, 0.25) is 0 Å². The molecule has 0 bridgehead atoms.